The zero-order valence-corrected chi connectivity index (χ0v) is 13.9. The van der Waals surface area contributed by atoms with E-state index in [0.717, 1.165) is 0 Å². The number of rotatable bonds is 3. The van der Waals surface area contributed by atoms with E-state index in [1.54, 1.807) is 20.8 Å². The van der Waals surface area contributed by atoms with E-state index < -0.39 is 17.7 Å². The van der Waals surface area contributed by atoms with E-state index in [0.29, 0.717) is 25.3 Å². The Bertz CT molecular complexity index is 617. The largest absolute Gasteiger partial charge is 0.476 e. The summed E-state index contributed by atoms with van der Waals surface area (Å²) in [5.74, 6) is -0.853. The average Bonchev–Trinajstić information content (AvgIpc) is 2.84. The number of carbonyl (C=O) groups is 2. The molecule has 9 heteroatoms. The lowest BCUT2D eigenvalue weighted by Crippen LogP contribution is -2.40. The second-order valence-corrected chi connectivity index (χ2v) is 6.62. The van der Waals surface area contributed by atoms with E-state index in [9.17, 15) is 9.59 Å². The van der Waals surface area contributed by atoms with Crippen LogP contribution in [0.15, 0.2) is 6.33 Å². The Balaban J connectivity index is 2.02. The number of aromatic nitrogens is 2. The summed E-state index contributed by atoms with van der Waals surface area (Å²) < 4.78 is 5.22. The van der Waals surface area contributed by atoms with Gasteiger partial charge in [0.25, 0.3) is 0 Å². The molecule has 0 spiro atoms. The minimum absolute atomic E-state index is 0.00193. The van der Waals surface area contributed by atoms with Gasteiger partial charge in [0.05, 0.1) is 6.04 Å². The second-order valence-electron chi connectivity index (χ2n) is 6.24. The van der Waals surface area contributed by atoms with Gasteiger partial charge in [-0.2, -0.15) is 0 Å². The van der Waals surface area contributed by atoms with Crippen LogP contribution in [0.3, 0.4) is 0 Å². The van der Waals surface area contributed by atoms with Crippen LogP contribution in [-0.2, 0) is 4.74 Å². The number of nitrogens with zero attached hydrogens (tertiary/aromatic N) is 3. The summed E-state index contributed by atoms with van der Waals surface area (Å²) >= 11 is 6.06. The van der Waals surface area contributed by atoms with Crippen LogP contribution in [0, 0.1) is 0 Å². The number of hydrogen-bond acceptors (Lipinski definition) is 6. The van der Waals surface area contributed by atoms with Gasteiger partial charge in [0.15, 0.2) is 11.5 Å². The van der Waals surface area contributed by atoms with Gasteiger partial charge in [-0.3, -0.25) is 0 Å². The van der Waals surface area contributed by atoms with Crippen molar-refractivity contribution in [2.24, 2.45) is 0 Å². The highest BCUT2D eigenvalue weighted by Crippen LogP contribution is 2.28. The molecule has 0 aliphatic carbocycles. The number of alkyl carbamates (subject to hydrolysis) is 1. The van der Waals surface area contributed by atoms with E-state index in [1.165, 1.54) is 6.33 Å². The lowest BCUT2D eigenvalue weighted by Gasteiger charge is -2.22. The van der Waals surface area contributed by atoms with Crippen molar-refractivity contribution in [3.63, 3.8) is 0 Å². The zero-order chi connectivity index (χ0) is 17.2. The fraction of sp³-hybridized carbons (Fsp3) is 0.571. The van der Waals surface area contributed by atoms with Gasteiger partial charge in [0.2, 0.25) is 0 Å². The van der Waals surface area contributed by atoms with Gasteiger partial charge in [0, 0.05) is 13.1 Å². The summed E-state index contributed by atoms with van der Waals surface area (Å²) in [6.07, 6.45) is 1.37. The molecule has 0 bridgehead atoms. The Morgan fingerprint density at radius 1 is 1.43 bits per heavy atom. The van der Waals surface area contributed by atoms with Crippen molar-refractivity contribution in [3.8, 4) is 0 Å². The highest BCUT2D eigenvalue weighted by molar-refractivity contribution is 6.35. The third-order valence-electron chi connectivity index (χ3n) is 3.18. The Morgan fingerprint density at radius 3 is 2.74 bits per heavy atom. The van der Waals surface area contributed by atoms with Crippen LogP contribution < -0.4 is 10.2 Å². The molecule has 1 aromatic rings. The molecule has 0 saturated carbocycles. The van der Waals surface area contributed by atoms with Crippen molar-refractivity contribution in [1.82, 2.24) is 15.3 Å². The van der Waals surface area contributed by atoms with Crippen LogP contribution in [0.4, 0.5) is 10.6 Å². The maximum Gasteiger partial charge on any atom is 0.407 e. The standard InChI is InChI=1S/C14H19ClN4O4/c1-14(2,3)23-13(22)18-8-4-5-19(6-8)11-9(15)10(12(20)21)16-7-17-11/h7-8H,4-6H2,1-3H3,(H,18,22)(H,20,21)/t8-/m0/s1. The van der Waals surface area contributed by atoms with E-state index in [4.69, 9.17) is 21.4 Å². The molecule has 1 aromatic heterocycles. The van der Waals surface area contributed by atoms with Gasteiger partial charge in [-0.1, -0.05) is 11.6 Å². The molecular weight excluding hydrogens is 324 g/mol. The zero-order valence-electron chi connectivity index (χ0n) is 13.2. The molecule has 1 amide bonds. The molecule has 1 saturated heterocycles. The highest BCUT2D eigenvalue weighted by Gasteiger charge is 2.29. The molecule has 126 valence electrons. The Kier molecular flexibility index (Phi) is 4.93. The predicted octanol–water partition coefficient (Wildman–Crippen LogP) is 1.93. The molecule has 0 aromatic carbocycles. The predicted molar refractivity (Wildman–Crippen MR) is 84.0 cm³/mol. The number of nitrogens with one attached hydrogen (secondary N) is 1. The normalized spacial score (nSPS) is 17.9. The van der Waals surface area contributed by atoms with Gasteiger partial charge in [-0.15, -0.1) is 0 Å². The second kappa shape index (κ2) is 6.57. The van der Waals surface area contributed by atoms with E-state index in [1.807, 2.05) is 4.90 Å². The van der Waals surface area contributed by atoms with Gasteiger partial charge in [-0.05, 0) is 27.2 Å². The first-order valence-corrected chi connectivity index (χ1v) is 7.53. The Labute approximate surface area is 138 Å². The smallest absolute Gasteiger partial charge is 0.407 e. The highest BCUT2D eigenvalue weighted by atomic mass is 35.5. The molecule has 2 N–H and O–H groups in total. The molecule has 0 radical (unpaired) electrons. The summed E-state index contributed by atoms with van der Waals surface area (Å²) in [5.41, 5.74) is -0.797. The lowest BCUT2D eigenvalue weighted by molar-refractivity contribution is 0.0508. The van der Waals surface area contributed by atoms with E-state index in [-0.39, 0.29) is 16.8 Å². The van der Waals surface area contributed by atoms with Gasteiger partial charge in [0.1, 0.15) is 17.0 Å². The monoisotopic (exact) mass is 342 g/mol. The number of amides is 1. The fourth-order valence-corrected chi connectivity index (χ4v) is 2.57. The summed E-state index contributed by atoms with van der Waals surface area (Å²) in [7, 11) is 0. The fourth-order valence-electron chi connectivity index (χ4n) is 2.27. The summed E-state index contributed by atoms with van der Waals surface area (Å²) in [5, 5.41) is 11.8. The van der Waals surface area contributed by atoms with Crippen molar-refractivity contribution in [3.05, 3.63) is 17.0 Å². The first kappa shape index (κ1) is 17.3. The molecule has 2 rings (SSSR count). The number of carboxylic acids is 1. The first-order chi connectivity index (χ1) is 10.7. The number of hydrogen-bond donors (Lipinski definition) is 2. The summed E-state index contributed by atoms with van der Waals surface area (Å²) in [4.78, 5) is 32.4. The van der Waals surface area contributed by atoms with E-state index >= 15 is 0 Å². The van der Waals surface area contributed by atoms with Crippen molar-refractivity contribution in [2.45, 2.75) is 38.8 Å². The number of anilines is 1. The minimum Gasteiger partial charge on any atom is -0.476 e. The maximum absolute atomic E-state index is 11.8. The molecule has 1 aliphatic rings. The molecule has 1 fully saturated rings. The lowest BCUT2D eigenvalue weighted by atomic mass is 10.2. The third-order valence-corrected chi connectivity index (χ3v) is 3.53. The molecular formula is C14H19ClN4O4. The number of carbonyl (C=O) groups excluding carboxylic acids is 1. The van der Waals surface area contributed by atoms with Crippen molar-refractivity contribution in [2.75, 3.05) is 18.0 Å². The van der Waals surface area contributed by atoms with Crippen LogP contribution in [-0.4, -0.2) is 51.9 Å². The van der Waals surface area contributed by atoms with Crippen LogP contribution in [0.2, 0.25) is 5.02 Å². The van der Waals surface area contributed by atoms with Crippen LogP contribution in [0.25, 0.3) is 0 Å². The van der Waals surface area contributed by atoms with Crippen molar-refractivity contribution >= 4 is 29.5 Å². The van der Waals surface area contributed by atoms with Crippen molar-refractivity contribution in [1.29, 1.82) is 0 Å². The Morgan fingerprint density at radius 2 is 2.13 bits per heavy atom. The summed E-state index contributed by atoms with van der Waals surface area (Å²) in [6.45, 7) is 6.44. The van der Waals surface area contributed by atoms with Crippen LogP contribution in [0.5, 0.6) is 0 Å². The molecule has 1 aliphatic heterocycles. The number of aromatic carboxylic acids is 1. The van der Waals surface area contributed by atoms with Crippen molar-refractivity contribution < 1.29 is 19.4 Å². The molecule has 1 atom stereocenters. The minimum atomic E-state index is -1.21. The van der Waals surface area contributed by atoms with Gasteiger partial charge < -0.3 is 20.1 Å². The molecule has 0 unspecified atom stereocenters. The molecule has 2 heterocycles. The topological polar surface area (TPSA) is 105 Å². The van der Waals surface area contributed by atoms with Gasteiger partial charge >= 0.3 is 12.1 Å². The van der Waals surface area contributed by atoms with Crippen LogP contribution >= 0.6 is 11.6 Å². The first-order valence-electron chi connectivity index (χ1n) is 7.15. The quantitative estimate of drug-likeness (QED) is 0.864. The Hall–Kier alpha value is -2.09. The molecule has 8 nitrogen and oxygen atoms in total. The number of ether oxygens (including phenoxy) is 1. The number of carboxylic acid groups (broad SMARTS) is 1. The maximum atomic E-state index is 11.8. The van der Waals surface area contributed by atoms with Gasteiger partial charge in [-0.25, -0.2) is 19.6 Å². The van der Waals surface area contributed by atoms with Crippen LogP contribution in [0.1, 0.15) is 37.7 Å². The molecule has 23 heavy (non-hydrogen) atoms. The summed E-state index contributed by atoms with van der Waals surface area (Å²) in [6, 6.07) is -0.121. The third kappa shape index (κ3) is 4.44. The van der Waals surface area contributed by atoms with E-state index in [2.05, 4.69) is 15.3 Å². The SMILES string of the molecule is CC(C)(C)OC(=O)N[C@H]1CCN(c2ncnc(C(=O)O)c2Cl)C1. The average molecular weight is 343 g/mol. The number of halogens is 1.